The van der Waals surface area contributed by atoms with Gasteiger partial charge in [0.05, 0.1) is 36.6 Å². The summed E-state index contributed by atoms with van der Waals surface area (Å²) in [4.78, 5) is 28.4. The van der Waals surface area contributed by atoms with E-state index in [0.717, 1.165) is 26.9 Å². The number of benzene rings is 1. The van der Waals surface area contributed by atoms with Crippen molar-refractivity contribution in [1.29, 1.82) is 0 Å². The van der Waals surface area contributed by atoms with Crippen LogP contribution in [0.4, 0.5) is 0 Å². The molecule has 2 aliphatic rings. The minimum absolute atomic E-state index is 0.0921. The molecule has 5 N–H and O–H groups in total. The van der Waals surface area contributed by atoms with E-state index in [-0.39, 0.29) is 19.6 Å². The first kappa shape index (κ1) is 37.3. The number of aromatic nitrogens is 3. The highest BCUT2D eigenvalue weighted by atomic mass is 16.3. The molecule has 6 atom stereocenters. The summed E-state index contributed by atoms with van der Waals surface area (Å²) in [5, 5.41) is 55.2. The Labute approximate surface area is 283 Å². The van der Waals surface area contributed by atoms with Crippen molar-refractivity contribution >= 4 is 0 Å². The van der Waals surface area contributed by atoms with Crippen LogP contribution in [0.1, 0.15) is 85.7 Å². The van der Waals surface area contributed by atoms with E-state index in [0.29, 0.717) is 36.9 Å². The monoisotopic (exact) mass is 663 g/mol. The number of fused-ring (bicyclic) bond motifs is 1. The molecule has 0 spiro atoms. The minimum Gasteiger partial charge on any atom is -0.396 e. The lowest BCUT2D eigenvalue weighted by Crippen LogP contribution is -2.59. The molecule has 0 bridgehead atoms. The van der Waals surface area contributed by atoms with Gasteiger partial charge in [0.15, 0.2) is 0 Å². The van der Waals surface area contributed by atoms with Crippen molar-refractivity contribution in [3.8, 4) is 5.69 Å². The fourth-order valence-electron chi connectivity index (χ4n) is 7.79. The zero-order valence-electron chi connectivity index (χ0n) is 29.1. The summed E-state index contributed by atoms with van der Waals surface area (Å²) in [5.41, 5.74) is 0.860. The molecule has 262 valence electrons. The smallest absolute Gasteiger partial charge is 0.352 e. The third-order valence-corrected chi connectivity index (χ3v) is 10.4. The number of rotatable bonds is 12. The van der Waals surface area contributed by atoms with Crippen molar-refractivity contribution in [3.05, 3.63) is 110 Å². The highest BCUT2D eigenvalue weighted by Crippen LogP contribution is 2.56. The number of aliphatic hydroxyl groups is 5. The molecule has 48 heavy (non-hydrogen) atoms. The number of nitrogens with zero attached hydrogens (tertiary/aromatic N) is 3. The van der Waals surface area contributed by atoms with Gasteiger partial charge in [-0.15, -0.1) is 0 Å². The van der Waals surface area contributed by atoms with Crippen LogP contribution >= 0.6 is 0 Å². The average molecular weight is 664 g/mol. The van der Waals surface area contributed by atoms with Crippen molar-refractivity contribution in [3.63, 3.8) is 0 Å². The van der Waals surface area contributed by atoms with Crippen molar-refractivity contribution < 1.29 is 25.5 Å². The molecular weight excluding hydrogens is 610 g/mol. The van der Waals surface area contributed by atoms with Gasteiger partial charge in [0.1, 0.15) is 6.04 Å². The molecule has 10 heteroatoms. The molecule has 4 rings (SSSR count). The zero-order valence-corrected chi connectivity index (χ0v) is 29.1. The molecule has 2 heterocycles. The van der Waals surface area contributed by atoms with Gasteiger partial charge in [-0.25, -0.2) is 23.5 Å². The second-order valence-corrected chi connectivity index (χ2v) is 14.0. The Hall–Kier alpha value is -3.54. The Morgan fingerprint density at radius 1 is 1.04 bits per heavy atom. The van der Waals surface area contributed by atoms with Crippen LogP contribution in [0.25, 0.3) is 5.69 Å². The Balaban J connectivity index is 1.91. The molecular formula is C38H53N3O7. The molecule has 1 saturated carbocycles. The van der Waals surface area contributed by atoms with E-state index in [1.165, 1.54) is 9.36 Å². The number of allylic oxidation sites excluding steroid dienone is 8. The fraction of sp³-hybridized carbons (Fsp3) is 0.526. The third-order valence-electron chi connectivity index (χ3n) is 10.4. The van der Waals surface area contributed by atoms with E-state index in [4.69, 9.17) is 0 Å². The van der Waals surface area contributed by atoms with E-state index in [1.54, 1.807) is 37.3 Å². The first-order valence-electron chi connectivity index (χ1n) is 16.9. The molecule has 10 nitrogen and oxygen atoms in total. The van der Waals surface area contributed by atoms with Crippen LogP contribution in [-0.4, -0.2) is 71.0 Å². The van der Waals surface area contributed by atoms with Gasteiger partial charge in [-0.05, 0) is 103 Å². The van der Waals surface area contributed by atoms with Gasteiger partial charge in [-0.1, -0.05) is 65.3 Å². The van der Waals surface area contributed by atoms with Gasteiger partial charge >= 0.3 is 11.4 Å². The molecule has 1 fully saturated rings. The molecule has 1 unspecified atom stereocenters. The molecule has 1 aliphatic carbocycles. The number of hydrogen-bond acceptors (Lipinski definition) is 7. The second-order valence-electron chi connectivity index (χ2n) is 14.0. The van der Waals surface area contributed by atoms with Crippen LogP contribution < -0.4 is 11.4 Å². The van der Waals surface area contributed by atoms with Crippen LogP contribution in [0.2, 0.25) is 0 Å². The van der Waals surface area contributed by atoms with Crippen molar-refractivity contribution in [2.24, 2.45) is 11.3 Å². The summed E-state index contributed by atoms with van der Waals surface area (Å²) in [5.74, 6) is -0.452. The SMILES string of the molecule is CC(C)=C/C=C/C(C)=C/C1C=C(C)[C@@H]([C@@H](O)C[C@@]2(CO)[C@H](CCCO)/C(=C(/C)CO)CC[C@]2(C)O)n2c(=O)n(-c3ccccc3)c(=O)n21. The fourth-order valence-corrected chi connectivity index (χ4v) is 7.79. The number of hydrogen-bond donors (Lipinski definition) is 5. The van der Waals surface area contributed by atoms with Gasteiger partial charge in [0, 0.05) is 12.0 Å². The Bertz CT molecular complexity index is 1720. The average Bonchev–Trinajstić information content (AvgIpc) is 3.30. The topological polar surface area (TPSA) is 150 Å². The van der Waals surface area contributed by atoms with Crippen LogP contribution in [-0.2, 0) is 0 Å². The Morgan fingerprint density at radius 2 is 1.71 bits per heavy atom. The van der Waals surface area contributed by atoms with E-state index in [9.17, 15) is 35.1 Å². The quantitative estimate of drug-likeness (QED) is 0.168. The van der Waals surface area contributed by atoms with Gasteiger partial charge in [0.25, 0.3) is 0 Å². The summed E-state index contributed by atoms with van der Waals surface area (Å²) in [6.07, 6.45) is 9.83. The van der Waals surface area contributed by atoms with Gasteiger partial charge in [-0.3, -0.25) is 0 Å². The predicted molar refractivity (Wildman–Crippen MR) is 188 cm³/mol. The van der Waals surface area contributed by atoms with Gasteiger partial charge < -0.3 is 25.5 Å². The molecule has 0 radical (unpaired) electrons. The molecule has 1 aliphatic heterocycles. The third kappa shape index (κ3) is 7.09. The summed E-state index contributed by atoms with van der Waals surface area (Å²) in [6, 6.07) is 7.05. The summed E-state index contributed by atoms with van der Waals surface area (Å²) < 4.78 is 3.81. The molecule has 2 aromatic rings. The molecule has 0 saturated heterocycles. The zero-order chi connectivity index (χ0) is 35.4. The van der Waals surface area contributed by atoms with E-state index >= 15 is 0 Å². The molecule has 1 aromatic carbocycles. The summed E-state index contributed by atoms with van der Waals surface area (Å²) in [6.45, 7) is 10.5. The maximum Gasteiger partial charge on any atom is 0.352 e. The number of aliphatic hydroxyl groups excluding tert-OH is 4. The van der Waals surface area contributed by atoms with Gasteiger partial charge in [0.2, 0.25) is 0 Å². The van der Waals surface area contributed by atoms with Crippen molar-refractivity contribution in [2.45, 2.75) is 97.4 Å². The minimum atomic E-state index is -1.42. The maximum absolute atomic E-state index is 14.3. The lowest BCUT2D eigenvalue weighted by atomic mass is 9.53. The van der Waals surface area contributed by atoms with Crippen LogP contribution in [0.5, 0.6) is 0 Å². The van der Waals surface area contributed by atoms with Crippen molar-refractivity contribution in [1.82, 2.24) is 13.9 Å². The first-order chi connectivity index (χ1) is 22.7. The van der Waals surface area contributed by atoms with E-state index < -0.39 is 53.1 Å². The van der Waals surface area contributed by atoms with Gasteiger partial charge in [-0.2, -0.15) is 0 Å². The first-order valence-corrected chi connectivity index (χ1v) is 16.9. The highest BCUT2D eigenvalue weighted by molar-refractivity contribution is 5.33. The Morgan fingerprint density at radius 3 is 2.31 bits per heavy atom. The van der Waals surface area contributed by atoms with Crippen LogP contribution in [0.3, 0.4) is 0 Å². The summed E-state index contributed by atoms with van der Waals surface area (Å²) in [7, 11) is 0. The Kier molecular flexibility index (Phi) is 11.9. The standard InChI is InChI=1S/C38H53N3O7/c1-25(2)12-10-13-26(3)20-30-21-27(4)34(41-36(47)39(35(46)40(30)41)29-14-8-7-9-15-29)33(45)22-38(24-44)32(16-11-19-42)31(28(5)23-43)17-18-37(38,6)48/h7-10,12-15,20-21,30,32-34,42-45,48H,11,16-19,22-24H2,1-6H3/b13-10+,26-20+,31-28-/t30?,32-,33+,34+,37+,38-/m1/s1. The largest absolute Gasteiger partial charge is 0.396 e. The predicted octanol–water partition coefficient (Wildman–Crippen LogP) is 4.28. The van der Waals surface area contributed by atoms with Crippen LogP contribution in [0.15, 0.2) is 98.2 Å². The lowest BCUT2D eigenvalue weighted by molar-refractivity contribution is -0.162. The second kappa shape index (κ2) is 15.3. The van der Waals surface area contributed by atoms with Crippen molar-refractivity contribution in [2.75, 3.05) is 19.8 Å². The van der Waals surface area contributed by atoms with E-state index in [1.807, 2.05) is 65.0 Å². The number of para-hydroxylation sites is 1. The maximum atomic E-state index is 14.3. The lowest BCUT2D eigenvalue weighted by Gasteiger charge is -2.55. The molecule has 0 amide bonds. The highest BCUT2D eigenvalue weighted by Gasteiger charge is 2.57. The summed E-state index contributed by atoms with van der Waals surface area (Å²) >= 11 is 0. The van der Waals surface area contributed by atoms with E-state index in [2.05, 4.69) is 0 Å². The normalized spacial score (nSPS) is 27.9. The van der Waals surface area contributed by atoms with Crippen LogP contribution in [0, 0.1) is 11.3 Å². The molecule has 1 aromatic heterocycles.